The first kappa shape index (κ1) is 12.9. The molecule has 2 rings (SSSR count). The molecule has 18 heavy (non-hydrogen) atoms. The average Bonchev–Trinajstić information content (AvgIpc) is 2.40. The number of carbonyl (C=O) groups excluding carboxylic acids is 1. The Morgan fingerprint density at radius 2 is 2.17 bits per heavy atom. The minimum atomic E-state index is -0.111. The average molecular weight is 248 g/mol. The number of phenols is 1. The lowest BCUT2D eigenvalue weighted by atomic mass is 10.0. The van der Waals surface area contributed by atoms with Gasteiger partial charge in [0.2, 0.25) is 5.91 Å². The Morgan fingerprint density at radius 1 is 1.39 bits per heavy atom. The third-order valence-corrected chi connectivity index (χ3v) is 3.52. The lowest BCUT2D eigenvalue weighted by Gasteiger charge is -2.23. The lowest BCUT2D eigenvalue weighted by Crippen LogP contribution is -2.43. The van der Waals surface area contributed by atoms with Crippen LogP contribution in [0.2, 0.25) is 0 Å². The van der Waals surface area contributed by atoms with Gasteiger partial charge >= 0.3 is 0 Å². The van der Waals surface area contributed by atoms with E-state index < -0.39 is 0 Å². The van der Waals surface area contributed by atoms with Crippen LogP contribution < -0.4 is 10.6 Å². The Kier molecular flexibility index (Phi) is 3.87. The number of carbonyl (C=O) groups is 1. The van der Waals surface area contributed by atoms with Crippen LogP contribution in [0.1, 0.15) is 30.4 Å². The number of anilines is 1. The Morgan fingerprint density at radius 3 is 2.83 bits per heavy atom. The zero-order chi connectivity index (χ0) is 13.1. The molecular formula is C14H20N2O2. The first-order valence-electron chi connectivity index (χ1n) is 6.43. The van der Waals surface area contributed by atoms with Gasteiger partial charge in [0.1, 0.15) is 5.75 Å². The molecule has 1 aromatic rings. The van der Waals surface area contributed by atoms with E-state index in [0.717, 1.165) is 42.6 Å². The Hall–Kier alpha value is -1.55. The number of aromatic hydroxyl groups is 1. The molecule has 1 fully saturated rings. The highest BCUT2D eigenvalue weighted by Crippen LogP contribution is 2.28. The summed E-state index contributed by atoms with van der Waals surface area (Å²) in [6, 6.07) is 3.35. The van der Waals surface area contributed by atoms with Crippen molar-refractivity contribution in [3.8, 4) is 5.75 Å². The van der Waals surface area contributed by atoms with Crippen molar-refractivity contribution in [2.45, 2.75) is 39.2 Å². The molecule has 3 N–H and O–H groups in total. The van der Waals surface area contributed by atoms with Gasteiger partial charge in [0, 0.05) is 5.56 Å². The van der Waals surface area contributed by atoms with Crippen LogP contribution in [0.15, 0.2) is 12.1 Å². The molecule has 0 aromatic heterocycles. The van der Waals surface area contributed by atoms with Gasteiger partial charge in [-0.1, -0.05) is 12.5 Å². The summed E-state index contributed by atoms with van der Waals surface area (Å²) >= 11 is 0. The van der Waals surface area contributed by atoms with E-state index in [1.54, 1.807) is 6.07 Å². The van der Waals surface area contributed by atoms with Gasteiger partial charge in [-0.3, -0.25) is 4.79 Å². The fourth-order valence-corrected chi connectivity index (χ4v) is 2.31. The number of phenolic OH excluding ortho intramolecular Hbond substituents is 1. The van der Waals surface area contributed by atoms with E-state index in [2.05, 4.69) is 10.6 Å². The van der Waals surface area contributed by atoms with Crippen molar-refractivity contribution in [2.75, 3.05) is 11.9 Å². The van der Waals surface area contributed by atoms with Gasteiger partial charge in [-0.2, -0.15) is 0 Å². The van der Waals surface area contributed by atoms with Gasteiger partial charge in [-0.25, -0.2) is 0 Å². The number of hydrogen-bond acceptors (Lipinski definition) is 3. The van der Waals surface area contributed by atoms with Crippen LogP contribution in [-0.4, -0.2) is 23.6 Å². The van der Waals surface area contributed by atoms with Crippen LogP contribution in [0, 0.1) is 13.8 Å². The van der Waals surface area contributed by atoms with E-state index in [4.69, 9.17) is 0 Å². The second-order valence-electron chi connectivity index (χ2n) is 4.89. The maximum Gasteiger partial charge on any atom is 0.241 e. The topological polar surface area (TPSA) is 61.4 Å². The molecule has 4 heteroatoms. The number of nitrogens with one attached hydrogen (secondary N) is 2. The highest BCUT2D eigenvalue weighted by atomic mass is 16.3. The molecule has 1 aliphatic heterocycles. The van der Waals surface area contributed by atoms with Gasteiger partial charge < -0.3 is 15.7 Å². The monoisotopic (exact) mass is 248 g/mol. The summed E-state index contributed by atoms with van der Waals surface area (Å²) < 4.78 is 0. The van der Waals surface area contributed by atoms with E-state index in [0.29, 0.717) is 0 Å². The first-order valence-corrected chi connectivity index (χ1v) is 6.43. The fourth-order valence-electron chi connectivity index (χ4n) is 2.31. The molecule has 0 unspecified atom stereocenters. The van der Waals surface area contributed by atoms with E-state index in [-0.39, 0.29) is 17.7 Å². The molecule has 98 valence electrons. The van der Waals surface area contributed by atoms with Crippen LogP contribution in [0.4, 0.5) is 5.69 Å². The number of piperidine rings is 1. The zero-order valence-electron chi connectivity index (χ0n) is 10.9. The van der Waals surface area contributed by atoms with Crippen LogP contribution in [0.25, 0.3) is 0 Å². The summed E-state index contributed by atoms with van der Waals surface area (Å²) in [6.07, 6.45) is 3.10. The van der Waals surface area contributed by atoms with Gasteiger partial charge in [0.05, 0.1) is 11.7 Å². The molecule has 0 saturated carbocycles. The lowest BCUT2D eigenvalue weighted by molar-refractivity contribution is -0.118. The molecule has 1 atom stereocenters. The Labute approximate surface area is 107 Å². The summed E-state index contributed by atoms with van der Waals surface area (Å²) in [5.74, 6) is 0.207. The molecule has 0 aliphatic carbocycles. The van der Waals surface area contributed by atoms with Gasteiger partial charge in [-0.05, 0) is 44.9 Å². The maximum absolute atomic E-state index is 12.1. The second-order valence-corrected chi connectivity index (χ2v) is 4.89. The molecule has 0 spiro atoms. The van der Waals surface area contributed by atoms with Crippen molar-refractivity contribution >= 4 is 11.6 Å². The zero-order valence-corrected chi connectivity index (χ0v) is 10.9. The quantitative estimate of drug-likeness (QED) is 0.751. The Balaban J connectivity index is 2.13. The van der Waals surface area contributed by atoms with Crippen LogP contribution in [-0.2, 0) is 4.79 Å². The molecule has 1 heterocycles. The minimum Gasteiger partial charge on any atom is -0.508 e. The molecule has 1 aromatic carbocycles. The summed E-state index contributed by atoms with van der Waals surface area (Å²) in [4.78, 5) is 12.1. The number of aryl methyl sites for hydroxylation is 1. The largest absolute Gasteiger partial charge is 0.508 e. The molecule has 0 bridgehead atoms. The van der Waals surface area contributed by atoms with Crippen molar-refractivity contribution < 1.29 is 9.90 Å². The van der Waals surface area contributed by atoms with Crippen molar-refractivity contribution in [1.82, 2.24) is 5.32 Å². The Bertz CT molecular complexity index is 451. The third kappa shape index (κ3) is 2.64. The van der Waals surface area contributed by atoms with E-state index in [1.165, 1.54) is 0 Å². The minimum absolute atomic E-state index is 0.00787. The van der Waals surface area contributed by atoms with Crippen molar-refractivity contribution in [3.05, 3.63) is 23.3 Å². The SMILES string of the molecule is Cc1ccc(O)c(C)c1NC(=O)[C@@H]1CCCCN1. The normalized spacial score (nSPS) is 19.6. The molecule has 1 saturated heterocycles. The summed E-state index contributed by atoms with van der Waals surface area (Å²) in [6.45, 7) is 4.64. The fraction of sp³-hybridized carbons (Fsp3) is 0.500. The van der Waals surface area contributed by atoms with Crippen LogP contribution >= 0.6 is 0 Å². The number of hydrogen-bond donors (Lipinski definition) is 3. The van der Waals surface area contributed by atoms with Crippen molar-refractivity contribution in [3.63, 3.8) is 0 Å². The van der Waals surface area contributed by atoms with Crippen LogP contribution in [0.5, 0.6) is 5.75 Å². The van der Waals surface area contributed by atoms with E-state index in [1.807, 2.05) is 19.9 Å². The number of benzene rings is 1. The molecule has 1 amide bonds. The molecule has 4 nitrogen and oxygen atoms in total. The maximum atomic E-state index is 12.1. The summed E-state index contributed by atoms with van der Waals surface area (Å²) in [5.41, 5.74) is 2.42. The highest BCUT2D eigenvalue weighted by molar-refractivity contribution is 5.96. The first-order chi connectivity index (χ1) is 8.59. The predicted molar refractivity (Wildman–Crippen MR) is 71.9 cm³/mol. The molecule has 1 aliphatic rings. The number of rotatable bonds is 2. The third-order valence-electron chi connectivity index (χ3n) is 3.52. The van der Waals surface area contributed by atoms with Gasteiger partial charge in [0.15, 0.2) is 0 Å². The molecular weight excluding hydrogens is 228 g/mol. The number of amides is 1. The van der Waals surface area contributed by atoms with E-state index in [9.17, 15) is 9.90 Å². The van der Waals surface area contributed by atoms with E-state index >= 15 is 0 Å². The van der Waals surface area contributed by atoms with Crippen molar-refractivity contribution in [2.24, 2.45) is 0 Å². The predicted octanol–water partition coefficient (Wildman–Crippen LogP) is 2.09. The van der Waals surface area contributed by atoms with Gasteiger partial charge in [0.25, 0.3) is 0 Å². The smallest absolute Gasteiger partial charge is 0.241 e. The molecule has 0 radical (unpaired) electrons. The second kappa shape index (κ2) is 5.40. The standard InChI is InChI=1S/C14H20N2O2/c1-9-6-7-12(17)10(2)13(9)16-14(18)11-5-3-4-8-15-11/h6-7,11,15,17H,3-5,8H2,1-2H3,(H,16,18)/t11-/m0/s1. The van der Waals surface area contributed by atoms with Gasteiger partial charge in [-0.15, -0.1) is 0 Å². The summed E-state index contributed by atoms with van der Waals surface area (Å²) in [7, 11) is 0. The van der Waals surface area contributed by atoms with Crippen LogP contribution in [0.3, 0.4) is 0 Å². The highest BCUT2D eigenvalue weighted by Gasteiger charge is 2.21. The summed E-state index contributed by atoms with van der Waals surface area (Å²) in [5, 5.41) is 15.8. The van der Waals surface area contributed by atoms with Crippen molar-refractivity contribution in [1.29, 1.82) is 0 Å².